The maximum absolute atomic E-state index is 13.8. The van der Waals surface area contributed by atoms with Gasteiger partial charge >= 0.3 is 0 Å². The van der Waals surface area contributed by atoms with Crippen molar-refractivity contribution in [1.29, 1.82) is 0 Å². The molecule has 0 spiro atoms. The van der Waals surface area contributed by atoms with Crippen LogP contribution in [-0.2, 0) is 22.5 Å². The normalized spacial score (nSPS) is 14.7. The number of phenols is 1. The number of unbranched alkanes of at least 4 members (excludes halogenated alkanes) is 8. The Bertz CT molecular complexity index is 1040. The summed E-state index contributed by atoms with van der Waals surface area (Å²) < 4.78 is 19.8. The Morgan fingerprint density at radius 2 is 1.72 bits per heavy atom. The van der Waals surface area contributed by atoms with E-state index < -0.39 is 5.82 Å². The van der Waals surface area contributed by atoms with Crippen molar-refractivity contribution >= 4 is 11.8 Å². The zero-order valence-corrected chi connectivity index (χ0v) is 23.4. The van der Waals surface area contributed by atoms with Crippen LogP contribution in [0.2, 0.25) is 0 Å². The molecule has 0 radical (unpaired) electrons. The zero-order chi connectivity index (χ0) is 27.9. The van der Waals surface area contributed by atoms with Gasteiger partial charge in [0.15, 0.2) is 0 Å². The van der Waals surface area contributed by atoms with Gasteiger partial charge in [0.05, 0.1) is 12.6 Å². The van der Waals surface area contributed by atoms with Crippen LogP contribution < -0.4 is 5.32 Å². The van der Waals surface area contributed by atoms with Gasteiger partial charge in [-0.2, -0.15) is 0 Å². The first-order valence-electron chi connectivity index (χ1n) is 14.7. The predicted octanol–water partition coefficient (Wildman–Crippen LogP) is 6.54. The number of carbonyl (C=O) groups excluding carboxylic acids is 2. The Hall–Kier alpha value is -2.93. The summed E-state index contributed by atoms with van der Waals surface area (Å²) in [5.41, 5.74) is 2.34. The van der Waals surface area contributed by atoms with E-state index in [9.17, 15) is 19.1 Å². The first-order valence-corrected chi connectivity index (χ1v) is 14.7. The summed E-state index contributed by atoms with van der Waals surface area (Å²) in [6, 6.07) is 10.9. The minimum Gasteiger partial charge on any atom is -0.508 e. The van der Waals surface area contributed by atoms with E-state index in [2.05, 4.69) is 12.2 Å². The van der Waals surface area contributed by atoms with Crippen LogP contribution in [0, 0.1) is 5.82 Å². The number of carbonyl (C=O) groups is 2. The molecule has 6 nitrogen and oxygen atoms in total. The number of amides is 2. The number of aromatic hydroxyl groups is 1. The standard InChI is InChI=1S/C32H45FN2O4/c1-2-3-18-34-31(37)15-10-8-6-4-5-7-9-11-19-39-24-29-21-27-22-30(36)17-16-26(27)23-35(29)32(38)25-13-12-14-28(33)20-25/h12-14,16-17,20,22,29,36H,2-11,15,18-19,21,23-24H2,1H3,(H,34,37). The molecule has 0 bridgehead atoms. The van der Waals surface area contributed by atoms with E-state index in [1.54, 1.807) is 29.2 Å². The van der Waals surface area contributed by atoms with E-state index in [0.29, 0.717) is 38.2 Å². The number of nitrogens with zero attached hydrogens (tertiary/aromatic N) is 1. The summed E-state index contributed by atoms with van der Waals surface area (Å²) in [6.45, 7) is 4.37. The molecule has 0 aromatic heterocycles. The first kappa shape index (κ1) is 30.6. The van der Waals surface area contributed by atoms with Gasteiger partial charge in [0.2, 0.25) is 5.91 Å². The molecule has 214 valence electrons. The lowest BCUT2D eigenvalue weighted by Gasteiger charge is -2.37. The Kier molecular flexibility index (Phi) is 13.3. The fourth-order valence-corrected chi connectivity index (χ4v) is 5.07. The topological polar surface area (TPSA) is 78.9 Å². The van der Waals surface area contributed by atoms with E-state index in [1.165, 1.54) is 37.8 Å². The lowest BCUT2D eigenvalue weighted by molar-refractivity contribution is -0.121. The average Bonchev–Trinajstić information content (AvgIpc) is 2.93. The van der Waals surface area contributed by atoms with Crippen molar-refractivity contribution in [3.05, 3.63) is 65.0 Å². The molecular formula is C32H45FN2O4. The highest BCUT2D eigenvalue weighted by molar-refractivity contribution is 5.94. The summed E-state index contributed by atoms with van der Waals surface area (Å²) in [5.74, 6) is -0.244. The largest absolute Gasteiger partial charge is 0.508 e. The maximum atomic E-state index is 13.8. The van der Waals surface area contributed by atoms with Crippen molar-refractivity contribution in [3.63, 3.8) is 0 Å². The van der Waals surface area contributed by atoms with Crippen molar-refractivity contribution in [3.8, 4) is 5.75 Å². The van der Waals surface area contributed by atoms with Crippen LogP contribution in [0.15, 0.2) is 42.5 Å². The molecule has 1 atom stereocenters. The van der Waals surface area contributed by atoms with E-state index in [0.717, 1.165) is 56.2 Å². The summed E-state index contributed by atoms with van der Waals surface area (Å²) >= 11 is 0. The number of hydrogen-bond donors (Lipinski definition) is 2. The molecular weight excluding hydrogens is 495 g/mol. The quantitative estimate of drug-likeness (QED) is 0.223. The van der Waals surface area contributed by atoms with Gasteiger partial charge in [-0.1, -0.05) is 64.0 Å². The van der Waals surface area contributed by atoms with Crippen molar-refractivity contribution in [2.45, 2.75) is 96.6 Å². The third kappa shape index (κ3) is 10.6. The van der Waals surface area contributed by atoms with Crippen LogP contribution in [0.4, 0.5) is 4.39 Å². The highest BCUT2D eigenvalue weighted by atomic mass is 19.1. The Morgan fingerprint density at radius 3 is 2.46 bits per heavy atom. The highest BCUT2D eigenvalue weighted by Crippen LogP contribution is 2.28. The third-order valence-corrected chi connectivity index (χ3v) is 7.36. The van der Waals surface area contributed by atoms with Gasteiger partial charge in [-0.15, -0.1) is 0 Å². The van der Waals surface area contributed by atoms with Gasteiger partial charge in [0, 0.05) is 31.7 Å². The molecule has 3 rings (SSSR count). The second kappa shape index (κ2) is 16.9. The fraction of sp³-hybridized carbons (Fsp3) is 0.562. The monoisotopic (exact) mass is 540 g/mol. The van der Waals surface area contributed by atoms with Crippen molar-refractivity contribution < 1.29 is 23.8 Å². The van der Waals surface area contributed by atoms with Gasteiger partial charge in [-0.25, -0.2) is 4.39 Å². The number of halogens is 1. The molecule has 0 aliphatic carbocycles. The molecule has 1 heterocycles. The van der Waals surface area contributed by atoms with Crippen LogP contribution in [0.3, 0.4) is 0 Å². The summed E-state index contributed by atoms with van der Waals surface area (Å²) in [7, 11) is 0. The minimum atomic E-state index is -0.429. The molecule has 1 aliphatic rings. The van der Waals surface area contributed by atoms with Gasteiger partial charge in [0.1, 0.15) is 11.6 Å². The number of hydrogen-bond acceptors (Lipinski definition) is 4. The Labute approximate surface area is 232 Å². The number of phenolic OH excluding ortho intramolecular Hbond substituents is 1. The smallest absolute Gasteiger partial charge is 0.254 e. The van der Waals surface area contributed by atoms with Crippen LogP contribution in [0.25, 0.3) is 0 Å². The minimum absolute atomic E-state index is 0.177. The average molecular weight is 541 g/mol. The second-order valence-corrected chi connectivity index (χ2v) is 10.6. The Balaban J connectivity index is 1.33. The lowest BCUT2D eigenvalue weighted by Crippen LogP contribution is -2.46. The molecule has 1 unspecified atom stereocenters. The van der Waals surface area contributed by atoms with Gasteiger partial charge in [-0.05, 0) is 67.1 Å². The SMILES string of the molecule is CCCCNC(=O)CCCCCCCCCCOCC1Cc2cc(O)ccc2CN1C(=O)c1cccc(F)c1. The van der Waals surface area contributed by atoms with Gasteiger partial charge in [-0.3, -0.25) is 9.59 Å². The lowest BCUT2D eigenvalue weighted by atomic mass is 9.93. The molecule has 39 heavy (non-hydrogen) atoms. The zero-order valence-electron chi connectivity index (χ0n) is 23.4. The Morgan fingerprint density at radius 1 is 0.974 bits per heavy atom. The molecule has 0 saturated carbocycles. The summed E-state index contributed by atoms with van der Waals surface area (Å²) in [5, 5.41) is 12.9. The highest BCUT2D eigenvalue weighted by Gasteiger charge is 2.31. The molecule has 1 aliphatic heterocycles. The molecule has 7 heteroatoms. The van der Waals surface area contributed by atoms with Crippen LogP contribution in [-0.4, -0.2) is 47.6 Å². The molecule has 2 N–H and O–H groups in total. The van der Waals surface area contributed by atoms with E-state index in [4.69, 9.17) is 4.74 Å². The van der Waals surface area contributed by atoms with Gasteiger partial charge in [0.25, 0.3) is 5.91 Å². The number of rotatable bonds is 17. The third-order valence-electron chi connectivity index (χ3n) is 7.36. The van der Waals surface area contributed by atoms with Gasteiger partial charge < -0.3 is 20.1 Å². The van der Waals surface area contributed by atoms with E-state index >= 15 is 0 Å². The van der Waals surface area contributed by atoms with E-state index in [1.807, 2.05) is 6.07 Å². The van der Waals surface area contributed by atoms with Crippen molar-refractivity contribution in [2.75, 3.05) is 19.8 Å². The van der Waals surface area contributed by atoms with E-state index in [-0.39, 0.29) is 23.6 Å². The number of fused-ring (bicyclic) bond motifs is 1. The predicted molar refractivity (Wildman–Crippen MR) is 152 cm³/mol. The molecule has 2 aromatic carbocycles. The molecule has 2 aromatic rings. The van der Waals surface area contributed by atoms with Crippen LogP contribution in [0.1, 0.15) is 99.0 Å². The number of nitrogens with one attached hydrogen (secondary N) is 1. The summed E-state index contributed by atoms with van der Waals surface area (Å²) in [4.78, 5) is 26.7. The second-order valence-electron chi connectivity index (χ2n) is 10.6. The number of ether oxygens (including phenoxy) is 1. The van der Waals surface area contributed by atoms with Crippen molar-refractivity contribution in [1.82, 2.24) is 10.2 Å². The van der Waals surface area contributed by atoms with Crippen LogP contribution in [0.5, 0.6) is 5.75 Å². The summed E-state index contributed by atoms with van der Waals surface area (Å²) in [6.07, 6.45) is 12.3. The number of benzene rings is 2. The van der Waals surface area contributed by atoms with Crippen LogP contribution >= 0.6 is 0 Å². The fourth-order valence-electron chi connectivity index (χ4n) is 5.07. The molecule has 2 amide bonds. The van der Waals surface area contributed by atoms with Crippen molar-refractivity contribution in [2.24, 2.45) is 0 Å². The maximum Gasteiger partial charge on any atom is 0.254 e. The molecule has 0 saturated heterocycles. The molecule has 0 fully saturated rings. The first-order chi connectivity index (χ1) is 19.0.